The molecule has 0 aromatic rings. The van der Waals surface area contributed by atoms with E-state index in [-0.39, 0.29) is 25.7 Å². The molecule has 0 aromatic carbocycles. The molecule has 8 nitrogen and oxygen atoms in total. The zero-order chi connectivity index (χ0) is 14.6. The zero-order valence-electron chi connectivity index (χ0n) is 10.2. The van der Waals surface area contributed by atoms with Gasteiger partial charge in [-0.15, -0.1) is 0 Å². The Morgan fingerprint density at radius 1 is 0.842 bits per heavy atom. The lowest BCUT2D eigenvalue weighted by molar-refractivity contribution is -0.166. The van der Waals surface area contributed by atoms with Crippen LogP contribution in [0.1, 0.15) is 25.7 Å². The molecule has 0 aromatic heterocycles. The first-order valence-electron chi connectivity index (χ1n) is 5.77. The highest BCUT2D eigenvalue weighted by Gasteiger charge is 2.35. The van der Waals surface area contributed by atoms with Gasteiger partial charge in [0.25, 0.3) is 0 Å². The van der Waals surface area contributed by atoms with Crippen LogP contribution in [-0.2, 0) is 29.7 Å². The van der Waals surface area contributed by atoms with Crippen LogP contribution < -0.4 is 0 Å². The SMILES string of the molecule is O=S(=O)([O-])CCCC1(CCCS(=O)(=O)[O-])OCCO1. The maximum atomic E-state index is 10.5. The molecule has 1 fully saturated rings. The van der Waals surface area contributed by atoms with Gasteiger partial charge in [0.05, 0.1) is 33.5 Å². The third kappa shape index (κ3) is 7.18. The third-order valence-electron chi connectivity index (χ3n) is 2.72. The van der Waals surface area contributed by atoms with Crippen LogP contribution in [0.3, 0.4) is 0 Å². The molecule has 1 saturated heterocycles. The summed E-state index contributed by atoms with van der Waals surface area (Å²) in [5.74, 6) is -2.13. The van der Waals surface area contributed by atoms with Gasteiger partial charge < -0.3 is 18.6 Å². The predicted molar refractivity (Wildman–Crippen MR) is 62.2 cm³/mol. The van der Waals surface area contributed by atoms with Crippen molar-refractivity contribution in [1.29, 1.82) is 0 Å². The Morgan fingerprint density at radius 3 is 1.53 bits per heavy atom. The van der Waals surface area contributed by atoms with E-state index in [9.17, 15) is 25.9 Å². The van der Waals surface area contributed by atoms with E-state index < -0.39 is 37.5 Å². The Balaban J connectivity index is 2.45. The van der Waals surface area contributed by atoms with E-state index in [1.165, 1.54) is 0 Å². The molecular weight excluding hydrogens is 300 g/mol. The van der Waals surface area contributed by atoms with Crippen LogP contribution in [0.5, 0.6) is 0 Å². The summed E-state index contributed by atoms with van der Waals surface area (Å²) in [4.78, 5) is 0. The lowest BCUT2D eigenvalue weighted by Crippen LogP contribution is -2.31. The van der Waals surface area contributed by atoms with Crippen molar-refractivity contribution >= 4 is 20.2 Å². The van der Waals surface area contributed by atoms with Crippen LogP contribution in [0.4, 0.5) is 0 Å². The van der Waals surface area contributed by atoms with Crippen LogP contribution in [0.2, 0.25) is 0 Å². The van der Waals surface area contributed by atoms with Gasteiger partial charge in [0.2, 0.25) is 0 Å². The Bertz CT molecular complexity index is 434. The average Bonchev–Trinajstić information content (AvgIpc) is 2.63. The first-order chi connectivity index (χ1) is 8.62. The molecule has 10 heteroatoms. The lowest BCUT2D eigenvalue weighted by Gasteiger charge is -2.27. The first-order valence-corrected chi connectivity index (χ1v) is 8.92. The summed E-state index contributed by atoms with van der Waals surface area (Å²) in [7, 11) is -8.59. The summed E-state index contributed by atoms with van der Waals surface area (Å²) in [6, 6.07) is 0. The summed E-state index contributed by atoms with van der Waals surface area (Å²) in [6.45, 7) is 0.627. The van der Waals surface area contributed by atoms with Crippen LogP contribution in [0.15, 0.2) is 0 Å². The first kappa shape index (κ1) is 16.8. The van der Waals surface area contributed by atoms with Crippen LogP contribution >= 0.6 is 0 Å². The van der Waals surface area contributed by atoms with Crippen molar-refractivity contribution in [3.63, 3.8) is 0 Å². The van der Waals surface area contributed by atoms with Crippen molar-refractivity contribution in [1.82, 2.24) is 0 Å². The fourth-order valence-electron chi connectivity index (χ4n) is 1.95. The minimum Gasteiger partial charge on any atom is -0.748 e. The van der Waals surface area contributed by atoms with E-state index in [0.29, 0.717) is 13.2 Å². The van der Waals surface area contributed by atoms with Crippen LogP contribution in [0.25, 0.3) is 0 Å². The van der Waals surface area contributed by atoms with Gasteiger partial charge >= 0.3 is 0 Å². The molecule has 0 unspecified atom stereocenters. The monoisotopic (exact) mass is 316 g/mol. The highest BCUT2D eigenvalue weighted by Crippen LogP contribution is 2.30. The van der Waals surface area contributed by atoms with Crippen molar-refractivity contribution in [2.24, 2.45) is 0 Å². The van der Waals surface area contributed by atoms with E-state index in [0.717, 1.165) is 0 Å². The molecule has 0 spiro atoms. The molecule has 0 radical (unpaired) electrons. The fourth-order valence-corrected chi connectivity index (χ4v) is 2.94. The van der Waals surface area contributed by atoms with Crippen molar-refractivity contribution in [2.45, 2.75) is 31.5 Å². The van der Waals surface area contributed by atoms with Gasteiger partial charge in [0.15, 0.2) is 5.79 Å². The summed E-state index contributed by atoms with van der Waals surface area (Å²) in [5, 5.41) is 0. The van der Waals surface area contributed by atoms with Gasteiger partial charge in [-0.25, -0.2) is 16.8 Å². The standard InChI is InChI=1S/C9H18O8S2/c10-18(11,12)7-1-3-9(16-5-6-17-9)4-2-8-19(13,14)15/h1-8H2,(H,10,11,12)(H,13,14,15)/p-2. The highest BCUT2D eigenvalue weighted by molar-refractivity contribution is 7.85. The molecule has 0 saturated carbocycles. The van der Waals surface area contributed by atoms with Crippen molar-refractivity contribution in [2.75, 3.05) is 24.7 Å². The maximum absolute atomic E-state index is 10.5. The minimum absolute atomic E-state index is 0.0654. The van der Waals surface area contributed by atoms with Crippen LogP contribution in [0, 0.1) is 0 Å². The summed E-state index contributed by atoms with van der Waals surface area (Å²) >= 11 is 0. The van der Waals surface area contributed by atoms with Crippen LogP contribution in [-0.4, -0.2) is 56.4 Å². The molecule has 1 aliphatic rings. The van der Waals surface area contributed by atoms with Crippen molar-refractivity contribution < 1.29 is 35.4 Å². The van der Waals surface area contributed by atoms with Gasteiger partial charge in [-0.05, 0) is 12.8 Å². The average molecular weight is 316 g/mol. The van der Waals surface area contributed by atoms with E-state index in [2.05, 4.69) is 0 Å². The molecular formula is C9H16O8S2-2. The zero-order valence-corrected chi connectivity index (χ0v) is 11.9. The molecule has 0 aliphatic carbocycles. The van der Waals surface area contributed by atoms with Gasteiger partial charge in [0.1, 0.15) is 0 Å². The molecule has 0 amide bonds. The number of hydrogen-bond donors (Lipinski definition) is 0. The highest BCUT2D eigenvalue weighted by atomic mass is 32.2. The molecule has 1 aliphatic heterocycles. The topological polar surface area (TPSA) is 133 Å². The minimum atomic E-state index is -4.29. The lowest BCUT2D eigenvalue weighted by atomic mass is 10.1. The van der Waals surface area contributed by atoms with Gasteiger partial charge in [-0.3, -0.25) is 0 Å². The van der Waals surface area contributed by atoms with Gasteiger partial charge in [0, 0.05) is 24.3 Å². The summed E-state index contributed by atoms with van der Waals surface area (Å²) in [6.07, 6.45) is 0.479. The molecule has 1 heterocycles. The number of rotatable bonds is 8. The van der Waals surface area contributed by atoms with Crippen molar-refractivity contribution in [3.05, 3.63) is 0 Å². The van der Waals surface area contributed by atoms with Crippen molar-refractivity contribution in [3.8, 4) is 0 Å². The number of ether oxygens (including phenoxy) is 2. The van der Waals surface area contributed by atoms with E-state index in [1.54, 1.807) is 0 Å². The normalized spacial score (nSPS) is 19.7. The quantitative estimate of drug-likeness (QED) is 0.541. The second kappa shape index (κ2) is 6.46. The predicted octanol–water partition coefficient (Wildman–Crippen LogP) is -0.620. The summed E-state index contributed by atoms with van der Waals surface area (Å²) in [5.41, 5.74) is 0. The second-order valence-electron chi connectivity index (χ2n) is 4.34. The smallest absolute Gasteiger partial charge is 0.168 e. The number of hydrogen-bond acceptors (Lipinski definition) is 8. The molecule has 0 N–H and O–H groups in total. The Morgan fingerprint density at radius 2 is 1.21 bits per heavy atom. The van der Waals surface area contributed by atoms with E-state index >= 15 is 0 Å². The Labute approximate surface area is 112 Å². The molecule has 0 atom stereocenters. The van der Waals surface area contributed by atoms with E-state index in [1.807, 2.05) is 0 Å². The third-order valence-corrected chi connectivity index (χ3v) is 4.29. The maximum Gasteiger partial charge on any atom is 0.168 e. The molecule has 19 heavy (non-hydrogen) atoms. The second-order valence-corrected chi connectivity index (χ2v) is 7.39. The van der Waals surface area contributed by atoms with Gasteiger partial charge in [-0.1, -0.05) is 0 Å². The van der Waals surface area contributed by atoms with Gasteiger partial charge in [-0.2, -0.15) is 0 Å². The Hall–Kier alpha value is -0.260. The largest absolute Gasteiger partial charge is 0.748 e. The fraction of sp³-hybridized carbons (Fsp3) is 1.00. The molecule has 0 bridgehead atoms. The van der Waals surface area contributed by atoms with E-state index in [4.69, 9.17) is 9.47 Å². The summed E-state index contributed by atoms with van der Waals surface area (Å²) < 4.78 is 73.7. The molecule has 1 rings (SSSR count). The Kier molecular flexibility index (Phi) is 5.71. The molecule has 114 valence electrons.